The second-order valence-electron chi connectivity index (χ2n) is 3.56. The van der Waals surface area contributed by atoms with Crippen molar-refractivity contribution in [3.05, 3.63) is 54.6 Å². The van der Waals surface area contributed by atoms with Crippen molar-refractivity contribution in [1.29, 1.82) is 0 Å². The number of aromatic nitrogens is 2. The molecule has 0 aliphatic heterocycles. The lowest BCUT2D eigenvalue weighted by atomic mass is 10.3. The molecule has 0 fully saturated rings. The molecule has 18 heavy (non-hydrogen) atoms. The van der Waals surface area contributed by atoms with Gasteiger partial charge in [-0.25, -0.2) is 18.2 Å². The van der Waals surface area contributed by atoms with Crippen LogP contribution in [0.2, 0.25) is 0 Å². The minimum absolute atomic E-state index is 0.249. The summed E-state index contributed by atoms with van der Waals surface area (Å²) < 4.78 is 41.2. The van der Waals surface area contributed by atoms with Gasteiger partial charge >= 0.3 is 0 Å². The highest BCUT2D eigenvalue weighted by Gasteiger charge is 2.13. The fourth-order valence-electron chi connectivity index (χ4n) is 1.49. The summed E-state index contributed by atoms with van der Waals surface area (Å²) >= 11 is 0. The number of benzene rings is 1. The van der Waals surface area contributed by atoms with Crippen molar-refractivity contribution in [3.63, 3.8) is 0 Å². The van der Waals surface area contributed by atoms with Crippen molar-refractivity contribution in [2.24, 2.45) is 0 Å². The van der Waals surface area contributed by atoms with Crippen molar-refractivity contribution < 1.29 is 13.2 Å². The van der Waals surface area contributed by atoms with Crippen molar-refractivity contribution in [2.75, 3.05) is 5.32 Å². The molecule has 0 amide bonds. The topological polar surface area (TPSA) is 29.9 Å². The maximum atomic E-state index is 13.4. The molecule has 1 N–H and O–H groups in total. The van der Waals surface area contributed by atoms with E-state index in [1.54, 1.807) is 16.8 Å². The first-order valence-corrected chi connectivity index (χ1v) is 5.15. The minimum Gasteiger partial charge on any atom is -0.321 e. The van der Waals surface area contributed by atoms with Crippen LogP contribution in [0.3, 0.4) is 0 Å². The average Bonchev–Trinajstić information content (AvgIpc) is 2.71. The number of nitrogens with zero attached hydrogens (tertiary/aromatic N) is 2. The van der Waals surface area contributed by atoms with Gasteiger partial charge in [-0.3, -0.25) is 0 Å². The molecule has 0 atom stereocenters. The third-order valence-electron chi connectivity index (χ3n) is 2.28. The van der Waals surface area contributed by atoms with Gasteiger partial charge in [0.1, 0.15) is 11.5 Å². The summed E-state index contributed by atoms with van der Waals surface area (Å²) in [6.45, 7) is 3.99. The maximum Gasteiger partial charge on any atom is 0.207 e. The highest BCUT2D eigenvalue weighted by Crippen LogP contribution is 2.23. The lowest BCUT2D eigenvalue weighted by Crippen LogP contribution is -2.05. The van der Waals surface area contributed by atoms with Crippen LogP contribution in [-0.4, -0.2) is 9.55 Å². The average molecular weight is 253 g/mol. The van der Waals surface area contributed by atoms with Crippen molar-refractivity contribution in [3.8, 4) is 0 Å². The van der Waals surface area contributed by atoms with Gasteiger partial charge in [-0.1, -0.05) is 6.08 Å². The Morgan fingerprint density at radius 2 is 1.94 bits per heavy atom. The summed E-state index contributed by atoms with van der Waals surface area (Å²) in [5.41, 5.74) is -0.437. The van der Waals surface area contributed by atoms with E-state index in [0.29, 0.717) is 18.7 Å². The third kappa shape index (κ3) is 2.37. The smallest absolute Gasteiger partial charge is 0.207 e. The van der Waals surface area contributed by atoms with Crippen LogP contribution in [0.25, 0.3) is 0 Å². The van der Waals surface area contributed by atoms with E-state index in [9.17, 15) is 13.2 Å². The lowest BCUT2D eigenvalue weighted by Gasteiger charge is -2.09. The van der Waals surface area contributed by atoms with E-state index >= 15 is 0 Å². The molecule has 94 valence electrons. The van der Waals surface area contributed by atoms with Gasteiger partial charge in [0.05, 0.1) is 0 Å². The number of allylic oxidation sites excluding steroid dienone is 1. The summed E-state index contributed by atoms with van der Waals surface area (Å²) in [5.74, 6) is -2.74. The molecule has 1 aromatic carbocycles. The Balaban J connectivity index is 2.34. The predicted octanol–water partition coefficient (Wildman–Crippen LogP) is 3.23. The Kier molecular flexibility index (Phi) is 3.36. The summed E-state index contributed by atoms with van der Waals surface area (Å²) in [5, 5.41) is 2.49. The summed E-state index contributed by atoms with van der Waals surface area (Å²) in [6.07, 6.45) is 4.72. The zero-order valence-corrected chi connectivity index (χ0v) is 9.33. The molecule has 2 aromatic rings. The highest BCUT2D eigenvalue weighted by atomic mass is 19.1. The number of hydrogen-bond donors (Lipinski definition) is 1. The zero-order valence-electron chi connectivity index (χ0n) is 9.33. The summed E-state index contributed by atoms with van der Waals surface area (Å²) in [6, 6.07) is 1.21. The zero-order chi connectivity index (χ0) is 13.1. The van der Waals surface area contributed by atoms with Gasteiger partial charge in [-0.15, -0.1) is 6.58 Å². The van der Waals surface area contributed by atoms with Crippen LogP contribution < -0.4 is 5.32 Å². The van der Waals surface area contributed by atoms with Gasteiger partial charge in [0, 0.05) is 31.1 Å². The fourth-order valence-corrected chi connectivity index (χ4v) is 1.49. The summed E-state index contributed by atoms with van der Waals surface area (Å²) in [4.78, 5) is 3.91. The van der Waals surface area contributed by atoms with Crippen LogP contribution in [0.4, 0.5) is 24.8 Å². The molecule has 2 rings (SSSR count). The number of rotatable bonds is 4. The molecule has 3 nitrogen and oxygen atoms in total. The third-order valence-corrected chi connectivity index (χ3v) is 2.28. The summed E-state index contributed by atoms with van der Waals surface area (Å²) in [7, 11) is 0. The largest absolute Gasteiger partial charge is 0.321 e. The van der Waals surface area contributed by atoms with E-state index in [1.165, 1.54) is 6.20 Å². The van der Waals surface area contributed by atoms with Crippen LogP contribution in [0.5, 0.6) is 0 Å². The van der Waals surface area contributed by atoms with Gasteiger partial charge in [0.25, 0.3) is 0 Å². The van der Waals surface area contributed by atoms with Crippen molar-refractivity contribution in [1.82, 2.24) is 9.55 Å². The maximum absolute atomic E-state index is 13.4. The molecule has 0 bridgehead atoms. The normalized spacial score (nSPS) is 10.4. The Hall–Kier alpha value is -2.24. The lowest BCUT2D eigenvalue weighted by molar-refractivity contribution is 0.548. The molecule has 1 aromatic heterocycles. The van der Waals surface area contributed by atoms with E-state index < -0.39 is 23.1 Å². The second-order valence-corrected chi connectivity index (χ2v) is 3.56. The predicted molar refractivity (Wildman–Crippen MR) is 62.0 cm³/mol. The quantitative estimate of drug-likeness (QED) is 0.848. The minimum atomic E-state index is -1.01. The SMILES string of the molecule is C=CCn1ccnc1Nc1c(F)cc(F)cc1F. The van der Waals surface area contributed by atoms with E-state index in [2.05, 4.69) is 16.9 Å². The van der Waals surface area contributed by atoms with Crippen LogP contribution in [-0.2, 0) is 6.54 Å². The highest BCUT2D eigenvalue weighted by molar-refractivity contribution is 5.55. The Morgan fingerprint density at radius 1 is 1.28 bits per heavy atom. The van der Waals surface area contributed by atoms with Gasteiger partial charge in [-0.05, 0) is 0 Å². The van der Waals surface area contributed by atoms with E-state index in [-0.39, 0.29) is 5.95 Å². The monoisotopic (exact) mass is 253 g/mol. The molecule has 0 saturated heterocycles. The molecule has 1 heterocycles. The number of halogens is 3. The van der Waals surface area contributed by atoms with Crippen LogP contribution >= 0.6 is 0 Å². The Bertz CT molecular complexity index is 555. The van der Waals surface area contributed by atoms with E-state index in [0.717, 1.165) is 0 Å². The molecule has 0 spiro atoms. The molecule has 0 aliphatic rings. The Morgan fingerprint density at radius 3 is 2.56 bits per heavy atom. The van der Waals surface area contributed by atoms with Crippen LogP contribution in [0.1, 0.15) is 0 Å². The number of imidazole rings is 1. The first-order chi connectivity index (χ1) is 8.61. The fraction of sp³-hybridized carbons (Fsp3) is 0.0833. The molecular formula is C12H10F3N3. The van der Waals surface area contributed by atoms with Crippen molar-refractivity contribution >= 4 is 11.6 Å². The van der Waals surface area contributed by atoms with Gasteiger partial charge in [-0.2, -0.15) is 0 Å². The standard InChI is InChI=1S/C12H10F3N3/c1-2-4-18-5-3-16-12(18)17-11-9(14)6-8(13)7-10(11)15/h2-3,5-7H,1,4H2,(H,16,17). The van der Waals surface area contributed by atoms with E-state index in [1.807, 2.05) is 0 Å². The van der Waals surface area contributed by atoms with Crippen LogP contribution in [0.15, 0.2) is 37.2 Å². The van der Waals surface area contributed by atoms with Crippen LogP contribution in [0, 0.1) is 17.5 Å². The molecule has 0 radical (unpaired) electrons. The first kappa shape index (κ1) is 12.2. The van der Waals surface area contributed by atoms with Gasteiger partial charge in [0.15, 0.2) is 11.6 Å². The van der Waals surface area contributed by atoms with Crippen molar-refractivity contribution in [2.45, 2.75) is 6.54 Å². The molecular weight excluding hydrogens is 243 g/mol. The first-order valence-electron chi connectivity index (χ1n) is 5.15. The molecule has 0 aliphatic carbocycles. The molecule has 0 unspecified atom stereocenters. The van der Waals surface area contributed by atoms with E-state index in [4.69, 9.17) is 0 Å². The number of hydrogen-bond acceptors (Lipinski definition) is 2. The second kappa shape index (κ2) is 4.95. The van der Waals surface area contributed by atoms with Gasteiger partial charge < -0.3 is 9.88 Å². The Labute approximate surface area is 102 Å². The number of nitrogens with one attached hydrogen (secondary N) is 1. The molecule has 6 heteroatoms. The molecule has 0 saturated carbocycles. The number of anilines is 2. The van der Waals surface area contributed by atoms with Gasteiger partial charge in [0.2, 0.25) is 5.95 Å².